The summed E-state index contributed by atoms with van der Waals surface area (Å²) in [5, 5.41) is 0. The number of nitrogens with zero attached hydrogens (tertiary/aromatic N) is 1. The van der Waals surface area contributed by atoms with Gasteiger partial charge in [0.05, 0.1) is 38.7 Å². The van der Waals surface area contributed by atoms with Gasteiger partial charge in [-0.2, -0.15) is 4.31 Å². The molecule has 0 saturated carbocycles. The Bertz CT molecular complexity index is 1130. The van der Waals surface area contributed by atoms with Gasteiger partial charge >= 0.3 is 5.97 Å². The minimum absolute atomic E-state index is 0.0699. The molecule has 0 N–H and O–H groups in total. The van der Waals surface area contributed by atoms with Crippen molar-refractivity contribution in [1.82, 2.24) is 4.31 Å². The van der Waals surface area contributed by atoms with Gasteiger partial charge in [0.25, 0.3) is 0 Å². The summed E-state index contributed by atoms with van der Waals surface area (Å²) in [4.78, 5) is 12.3. The molecule has 4 rings (SSSR count). The number of hydrogen-bond acceptors (Lipinski definition) is 8. The van der Waals surface area contributed by atoms with E-state index in [9.17, 15) is 13.2 Å². The number of benzene rings is 2. The van der Waals surface area contributed by atoms with Gasteiger partial charge < -0.3 is 23.7 Å². The molecule has 32 heavy (non-hydrogen) atoms. The Hall–Kier alpha value is -2.98. The smallest absolute Gasteiger partial charge is 0.307 e. The van der Waals surface area contributed by atoms with E-state index in [1.54, 1.807) is 12.1 Å². The van der Waals surface area contributed by atoms with Gasteiger partial charge in [-0.1, -0.05) is 0 Å². The topological polar surface area (TPSA) is 101 Å². The Morgan fingerprint density at radius 3 is 2.41 bits per heavy atom. The van der Waals surface area contributed by atoms with Crippen LogP contribution >= 0.6 is 0 Å². The molecule has 9 nitrogen and oxygen atoms in total. The van der Waals surface area contributed by atoms with Crippen LogP contribution in [0.5, 0.6) is 23.0 Å². The predicted octanol–water partition coefficient (Wildman–Crippen LogP) is 2.33. The third-order valence-corrected chi connectivity index (χ3v) is 7.57. The Morgan fingerprint density at radius 2 is 1.72 bits per heavy atom. The van der Waals surface area contributed by atoms with Crippen LogP contribution in [-0.4, -0.2) is 59.8 Å². The molecule has 0 bridgehead atoms. The lowest BCUT2D eigenvalue weighted by Crippen LogP contribution is -2.41. The third-order valence-electron chi connectivity index (χ3n) is 5.66. The van der Waals surface area contributed by atoms with E-state index in [0.29, 0.717) is 48.2 Å². The SMILES string of the molecule is COC(=O)CC1c2cc(OC)c(OC)cc2CCN1S(=O)(=O)c1ccc2c(c1)OCCO2. The predicted molar refractivity (Wildman–Crippen MR) is 114 cm³/mol. The fraction of sp³-hybridized carbons (Fsp3) is 0.409. The number of rotatable bonds is 6. The molecule has 10 heteroatoms. The number of hydrogen-bond donors (Lipinski definition) is 0. The first-order valence-corrected chi connectivity index (χ1v) is 11.6. The molecule has 1 atom stereocenters. The number of carbonyl (C=O) groups is 1. The second-order valence-electron chi connectivity index (χ2n) is 7.37. The van der Waals surface area contributed by atoms with Crippen molar-refractivity contribution in [2.24, 2.45) is 0 Å². The third kappa shape index (κ3) is 3.95. The Labute approximate surface area is 186 Å². The molecule has 0 amide bonds. The molecule has 0 saturated heterocycles. The molecule has 2 heterocycles. The highest BCUT2D eigenvalue weighted by Gasteiger charge is 2.39. The summed E-state index contributed by atoms with van der Waals surface area (Å²) in [6.45, 7) is 0.954. The highest BCUT2D eigenvalue weighted by atomic mass is 32.2. The van der Waals surface area contributed by atoms with Crippen molar-refractivity contribution in [2.75, 3.05) is 41.1 Å². The molecule has 0 fully saturated rings. The molecule has 0 aromatic heterocycles. The second kappa shape index (κ2) is 8.87. The van der Waals surface area contributed by atoms with Crippen LogP contribution in [0.3, 0.4) is 0 Å². The normalized spacial score (nSPS) is 17.9. The molecule has 2 aromatic carbocycles. The lowest BCUT2D eigenvalue weighted by atomic mass is 9.91. The van der Waals surface area contributed by atoms with Crippen molar-refractivity contribution in [2.45, 2.75) is 23.8 Å². The van der Waals surface area contributed by atoms with Gasteiger partial charge in [0.15, 0.2) is 23.0 Å². The zero-order valence-corrected chi connectivity index (χ0v) is 18.9. The van der Waals surface area contributed by atoms with E-state index in [4.69, 9.17) is 23.7 Å². The zero-order chi connectivity index (χ0) is 22.9. The number of ether oxygens (including phenoxy) is 5. The highest BCUT2D eigenvalue weighted by Crippen LogP contribution is 2.42. The van der Waals surface area contributed by atoms with E-state index in [0.717, 1.165) is 5.56 Å². The van der Waals surface area contributed by atoms with Crippen LogP contribution < -0.4 is 18.9 Å². The summed E-state index contributed by atoms with van der Waals surface area (Å²) in [5.74, 6) is 1.37. The second-order valence-corrected chi connectivity index (χ2v) is 9.26. The Morgan fingerprint density at radius 1 is 1.03 bits per heavy atom. The molecular formula is C22H25NO8S. The van der Waals surface area contributed by atoms with E-state index < -0.39 is 22.0 Å². The minimum Gasteiger partial charge on any atom is -0.493 e. The summed E-state index contributed by atoms with van der Waals surface area (Å²) in [6.07, 6.45) is 0.319. The van der Waals surface area contributed by atoms with Crippen LogP contribution in [0.1, 0.15) is 23.6 Å². The summed E-state index contributed by atoms with van der Waals surface area (Å²) in [5.41, 5.74) is 1.57. The van der Waals surface area contributed by atoms with E-state index in [-0.39, 0.29) is 17.9 Å². The van der Waals surface area contributed by atoms with Crippen LogP contribution in [0.25, 0.3) is 0 Å². The standard InChI is InChI=1S/C22H25NO8S/c1-27-19-10-14-6-7-23(17(13-22(24)29-3)16(14)12-20(19)28-2)32(25,26)15-4-5-18-21(11-15)31-9-8-30-18/h4-5,10-12,17H,6-9,13H2,1-3H3. The number of esters is 1. The average Bonchev–Trinajstić information content (AvgIpc) is 2.82. The fourth-order valence-corrected chi connectivity index (χ4v) is 5.69. The monoisotopic (exact) mass is 463 g/mol. The molecule has 2 aromatic rings. The first-order valence-electron chi connectivity index (χ1n) is 10.1. The van der Waals surface area contributed by atoms with Gasteiger partial charge in [-0.3, -0.25) is 4.79 Å². The maximum atomic E-state index is 13.7. The maximum Gasteiger partial charge on any atom is 0.307 e. The van der Waals surface area contributed by atoms with Crippen LogP contribution in [0.2, 0.25) is 0 Å². The first-order chi connectivity index (χ1) is 15.4. The summed E-state index contributed by atoms with van der Waals surface area (Å²) in [6, 6.07) is 7.33. The maximum absolute atomic E-state index is 13.7. The molecular weight excluding hydrogens is 438 g/mol. The van der Waals surface area contributed by atoms with E-state index in [2.05, 4.69) is 0 Å². The van der Waals surface area contributed by atoms with Crippen LogP contribution in [0.15, 0.2) is 35.2 Å². The fourth-order valence-electron chi connectivity index (χ4n) is 4.07. The van der Waals surface area contributed by atoms with Gasteiger partial charge in [-0.25, -0.2) is 8.42 Å². The van der Waals surface area contributed by atoms with Crippen molar-refractivity contribution in [3.05, 3.63) is 41.5 Å². The van der Waals surface area contributed by atoms with Crippen LogP contribution in [0.4, 0.5) is 0 Å². The summed E-state index contributed by atoms with van der Waals surface area (Å²) in [7, 11) is 0.365. The zero-order valence-electron chi connectivity index (χ0n) is 18.1. The highest BCUT2D eigenvalue weighted by molar-refractivity contribution is 7.89. The molecule has 2 aliphatic rings. The van der Waals surface area contributed by atoms with Crippen molar-refractivity contribution in [1.29, 1.82) is 0 Å². The quantitative estimate of drug-likeness (QED) is 0.602. The van der Waals surface area contributed by atoms with Gasteiger partial charge in [0, 0.05) is 12.6 Å². The van der Waals surface area contributed by atoms with Crippen molar-refractivity contribution in [3.8, 4) is 23.0 Å². The van der Waals surface area contributed by atoms with Gasteiger partial charge in [0.2, 0.25) is 10.0 Å². The van der Waals surface area contributed by atoms with Crippen molar-refractivity contribution >= 4 is 16.0 Å². The molecule has 0 aliphatic carbocycles. The average molecular weight is 464 g/mol. The van der Waals surface area contributed by atoms with E-state index in [1.165, 1.54) is 37.8 Å². The Balaban J connectivity index is 1.78. The van der Waals surface area contributed by atoms with Crippen LogP contribution in [0, 0.1) is 0 Å². The molecule has 0 spiro atoms. The molecule has 172 valence electrons. The summed E-state index contributed by atoms with van der Waals surface area (Å²) < 4.78 is 55.4. The van der Waals surface area contributed by atoms with Crippen LogP contribution in [-0.2, 0) is 26.0 Å². The number of sulfonamides is 1. The van der Waals surface area contributed by atoms with E-state index >= 15 is 0 Å². The lowest BCUT2D eigenvalue weighted by molar-refractivity contribution is -0.141. The summed E-state index contributed by atoms with van der Waals surface area (Å²) >= 11 is 0. The molecule has 1 unspecified atom stereocenters. The first kappa shape index (κ1) is 22.2. The van der Waals surface area contributed by atoms with Gasteiger partial charge in [-0.15, -0.1) is 0 Å². The van der Waals surface area contributed by atoms with Gasteiger partial charge in [0.1, 0.15) is 13.2 Å². The Kier molecular flexibility index (Phi) is 6.16. The largest absolute Gasteiger partial charge is 0.493 e. The molecule has 2 aliphatic heterocycles. The van der Waals surface area contributed by atoms with Crippen molar-refractivity contribution < 1.29 is 36.9 Å². The van der Waals surface area contributed by atoms with Crippen molar-refractivity contribution in [3.63, 3.8) is 0 Å². The minimum atomic E-state index is -3.96. The number of methoxy groups -OCH3 is 3. The molecule has 0 radical (unpaired) electrons. The number of carbonyl (C=O) groups excluding carboxylic acids is 1. The lowest BCUT2D eigenvalue weighted by Gasteiger charge is -2.36. The van der Waals surface area contributed by atoms with Gasteiger partial charge in [-0.05, 0) is 41.8 Å². The van der Waals surface area contributed by atoms with E-state index in [1.807, 2.05) is 6.07 Å². The number of fused-ring (bicyclic) bond motifs is 2.